The third kappa shape index (κ3) is 5.27. The molecule has 0 radical (unpaired) electrons. The molecule has 7 heteroatoms. The minimum Gasteiger partial charge on any atom is -0.484 e. The van der Waals surface area contributed by atoms with Crippen LogP contribution in [-0.2, 0) is 9.53 Å². The number of fused-ring (bicyclic) bond motifs is 1. The molecule has 0 spiro atoms. The van der Waals surface area contributed by atoms with Gasteiger partial charge in [-0.2, -0.15) is 0 Å². The van der Waals surface area contributed by atoms with E-state index in [0.717, 1.165) is 16.5 Å². The second-order valence-electron chi connectivity index (χ2n) is 7.14. The molecule has 0 saturated carbocycles. The summed E-state index contributed by atoms with van der Waals surface area (Å²) in [6.07, 6.45) is 0. The van der Waals surface area contributed by atoms with Gasteiger partial charge in [0, 0.05) is 23.2 Å². The number of hydrogen-bond donors (Lipinski definition) is 1. The molecule has 0 aliphatic rings. The van der Waals surface area contributed by atoms with Crippen molar-refractivity contribution in [1.29, 1.82) is 0 Å². The highest BCUT2D eigenvalue weighted by Gasteiger charge is 2.11. The van der Waals surface area contributed by atoms with E-state index in [1.165, 1.54) is 6.07 Å². The highest BCUT2D eigenvalue weighted by atomic mass is 16.5. The summed E-state index contributed by atoms with van der Waals surface area (Å²) in [5, 5.41) is 3.46. The zero-order chi connectivity index (χ0) is 23.2. The molecule has 3 aromatic carbocycles. The van der Waals surface area contributed by atoms with Gasteiger partial charge in [-0.3, -0.25) is 4.79 Å². The van der Waals surface area contributed by atoms with Crippen LogP contribution in [0.3, 0.4) is 0 Å². The lowest BCUT2D eigenvalue weighted by molar-refractivity contribution is -0.118. The van der Waals surface area contributed by atoms with E-state index in [-0.39, 0.29) is 12.5 Å². The topological polar surface area (TPSA) is 94.8 Å². The van der Waals surface area contributed by atoms with Gasteiger partial charge in [0.05, 0.1) is 12.2 Å². The fraction of sp³-hybridized carbons (Fsp3) is 0.115. The van der Waals surface area contributed by atoms with Crippen LogP contribution in [0.1, 0.15) is 17.3 Å². The first-order chi connectivity index (χ1) is 16.0. The van der Waals surface area contributed by atoms with Gasteiger partial charge in [0.25, 0.3) is 5.91 Å². The van der Waals surface area contributed by atoms with Crippen molar-refractivity contribution in [2.24, 2.45) is 0 Å². The third-order valence-electron chi connectivity index (χ3n) is 4.85. The van der Waals surface area contributed by atoms with Gasteiger partial charge >= 0.3 is 11.6 Å². The van der Waals surface area contributed by atoms with Gasteiger partial charge in [-0.05, 0) is 54.4 Å². The van der Waals surface area contributed by atoms with Crippen molar-refractivity contribution in [3.63, 3.8) is 0 Å². The summed E-state index contributed by atoms with van der Waals surface area (Å²) >= 11 is 0. The van der Waals surface area contributed by atoms with Crippen molar-refractivity contribution in [3.05, 3.63) is 94.8 Å². The molecule has 4 aromatic rings. The number of amides is 1. The molecule has 0 atom stereocenters. The van der Waals surface area contributed by atoms with E-state index in [0.29, 0.717) is 29.2 Å². The number of esters is 1. The number of nitrogens with one attached hydrogen (secondary N) is 1. The van der Waals surface area contributed by atoms with E-state index in [4.69, 9.17) is 13.9 Å². The van der Waals surface area contributed by atoms with E-state index >= 15 is 0 Å². The SMILES string of the molecule is CCOC(=O)c1ccc(NC(=O)COc2ccc3c(-c4ccccc4)cc(=O)oc3c2)cc1. The maximum atomic E-state index is 12.3. The van der Waals surface area contributed by atoms with Crippen molar-refractivity contribution in [1.82, 2.24) is 0 Å². The maximum Gasteiger partial charge on any atom is 0.338 e. The van der Waals surface area contributed by atoms with Gasteiger partial charge in [-0.25, -0.2) is 9.59 Å². The van der Waals surface area contributed by atoms with Crippen LogP contribution >= 0.6 is 0 Å². The summed E-state index contributed by atoms with van der Waals surface area (Å²) < 4.78 is 15.9. The molecule has 0 aliphatic heterocycles. The molecule has 1 aromatic heterocycles. The predicted octanol–water partition coefficient (Wildman–Crippen LogP) is 4.65. The van der Waals surface area contributed by atoms with Crippen LogP contribution in [-0.4, -0.2) is 25.1 Å². The molecular weight excluding hydrogens is 422 g/mol. The van der Waals surface area contributed by atoms with E-state index < -0.39 is 11.6 Å². The van der Waals surface area contributed by atoms with Gasteiger partial charge in [-0.15, -0.1) is 0 Å². The molecule has 166 valence electrons. The van der Waals surface area contributed by atoms with Gasteiger partial charge in [0.2, 0.25) is 0 Å². The van der Waals surface area contributed by atoms with Crippen LogP contribution in [0.15, 0.2) is 88.1 Å². The molecule has 1 amide bonds. The molecule has 7 nitrogen and oxygen atoms in total. The number of carbonyl (C=O) groups is 2. The average molecular weight is 443 g/mol. The summed E-state index contributed by atoms with van der Waals surface area (Å²) in [6.45, 7) is 1.78. The standard InChI is InChI=1S/C26H21NO6/c1-2-31-26(30)18-8-10-19(11-9-18)27-24(28)16-32-20-12-13-21-22(17-6-4-3-5-7-17)15-25(29)33-23(21)14-20/h3-15H,2,16H2,1H3,(H,27,28). The van der Waals surface area contributed by atoms with Crippen molar-refractivity contribution in [2.45, 2.75) is 6.92 Å². The van der Waals surface area contributed by atoms with Crippen molar-refractivity contribution < 1.29 is 23.5 Å². The number of rotatable bonds is 7. The number of benzene rings is 3. The smallest absolute Gasteiger partial charge is 0.338 e. The Bertz CT molecular complexity index is 1340. The molecule has 0 bridgehead atoms. The largest absolute Gasteiger partial charge is 0.484 e. The van der Waals surface area contributed by atoms with Crippen LogP contribution in [0.4, 0.5) is 5.69 Å². The average Bonchev–Trinajstić information content (AvgIpc) is 2.83. The minimum atomic E-state index is -0.470. The number of ether oxygens (including phenoxy) is 2. The lowest BCUT2D eigenvalue weighted by atomic mass is 10.0. The van der Waals surface area contributed by atoms with E-state index in [2.05, 4.69) is 5.32 Å². The lowest BCUT2D eigenvalue weighted by Gasteiger charge is -2.10. The summed E-state index contributed by atoms with van der Waals surface area (Å²) in [5.41, 5.74) is 2.48. The summed E-state index contributed by atoms with van der Waals surface area (Å²) in [4.78, 5) is 36.0. The lowest BCUT2D eigenvalue weighted by Crippen LogP contribution is -2.20. The Labute approximate surface area is 189 Å². The fourth-order valence-corrected chi connectivity index (χ4v) is 3.34. The van der Waals surface area contributed by atoms with Crippen molar-refractivity contribution in [3.8, 4) is 16.9 Å². The first kappa shape index (κ1) is 21.8. The van der Waals surface area contributed by atoms with Crippen molar-refractivity contribution in [2.75, 3.05) is 18.5 Å². The normalized spacial score (nSPS) is 10.6. The van der Waals surface area contributed by atoms with Crippen LogP contribution in [0, 0.1) is 0 Å². The highest BCUT2D eigenvalue weighted by molar-refractivity contribution is 5.95. The molecule has 1 N–H and O–H groups in total. The minimum absolute atomic E-state index is 0.242. The van der Waals surface area contributed by atoms with E-state index in [9.17, 15) is 14.4 Å². The molecule has 0 unspecified atom stereocenters. The van der Waals surface area contributed by atoms with Crippen LogP contribution < -0.4 is 15.7 Å². The molecular formula is C26H21NO6. The van der Waals surface area contributed by atoms with Crippen LogP contribution in [0.25, 0.3) is 22.1 Å². The Morgan fingerprint density at radius 3 is 2.42 bits per heavy atom. The van der Waals surface area contributed by atoms with Crippen LogP contribution in [0.2, 0.25) is 0 Å². The maximum absolute atomic E-state index is 12.3. The second kappa shape index (κ2) is 9.82. The van der Waals surface area contributed by atoms with Gasteiger partial charge in [0.15, 0.2) is 6.61 Å². The summed E-state index contributed by atoms with van der Waals surface area (Å²) in [6, 6.07) is 22.5. The predicted molar refractivity (Wildman–Crippen MR) is 124 cm³/mol. The van der Waals surface area contributed by atoms with Gasteiger partial charge in [0.1, 0.15) is 11.3 Å². The number of hydrogen-bond acceptors (Lipinski definition) is 6. The Hall–Kier alpha value is -4.39. The summed E-state index contributed by atoms with van der Waals surface area (Å²) in [5.74, 6) is -0.403. The molecule has 1 heterocycles. The van der Waals surface area contributed by atoms with E-state index in [1.54, 1.807) is 49.4 Å². The molecule has 4 rings (SSSR count). The first-order valence-electron chi connectivity index (χ1n) is 10.4. The Morgan fingerprint density at radius 2 is 1.70 bits per heavy atom. The Morgan fingerprint density at radius 1 is 0.939 bits per heavy atom. The molecule has 33 heavy (non-hydrogen) atoms. The fourth-order valence-electron chi connectivity index (χ4n) is 3.34. The van der Waals surface area contributed by atoms with E-state index in [1.807, 2.05) is 30.3 Å². The monoisotopic (exact) mass is 443 g/mol. The zero-order valence-electron chi connectivity index (χ0n) is 17.9. The number of carbonyl (C=O) groups excluding carboxylic acids is 2. The Balaban J connectivity index is 1.43. The quantitative estimate of drug-likeness (QED) is 0.330. The zero-order valence-corrected chi connectivity index (χ0v) is 17.9. The first-order valence-corrected chi connectivity index (χ1v) is 10.4. The third-order valence-corrected chi connectivity index (χ3v) is 4.85. The second-order valence-corrected chi connectivity index (χ2v) is 7.14. The number of anilines is 1. The molecule has 0 aliphatic carbocycles. The van der Waals surface area contributed by atoms with Crippen LogP contribution in [0.5, 0.6) is 5.75 Å². The van der Waals surface area contributed by atoms with Gasteiger partial charge < -0.3 is 19.2 Å². The Kier molecular flexibility index (Phi) is 6.50. The highest BCUT2D eigenvalue weighted by Crippen LogP contribution is 2.29. The molecule has 0 saturated heterocycles. The van der Waals surface area contributed by atoms with Gasteiger partial charge in [-0.1, -0.05) is 30.3 Å². The summed E-state index contributed by atoms with van der Waals surface area (Å²) in [7, 11) is 0. The molecule has 0 fully saturated rings. The van der Waals surface area contributed by atoms with Crippen molar-refractivity contribution >= 4 is 28.5 Å².